The number of aromatic amines is 1. The van der Waals surface area contributed by atoms with Gasteiger partial charge in [0.25, 0.3) is 0 Å². The number of imidazole rings is 1. The third-order valence-corrected chi connectivity index (χ3v) is 6.91. The molecule has 0 saturated heterocycles. The number of aryl methyl sites for hydroxylation is 2. The Labute approximate surface area is 232 Å². The van der Waals surface area contributed by atoms with Gasteiger partial charge in [-0.1, -0.05) is 51.6 Å². The van der Waals surface area contributed by atoms with Gasteiger partial charge in [0, 0.05) is 37.7 Å². The number of hydrogen-bond acceptors (Lipinski definition) is 5. The molecule has 0 radical (unpaired) electrons. The highest BCUT2D eigenvalue weighted by atomic mass is 35.5. The lowest BCUT2D eigenvalue weighted by atomic mass is 10.1. The molecule has 0 unspecified atom stereocenters. The highest BCUT2D eigenvalue weighted by Crippen LogP contribution is 2.26. The van der Waals surface area contributed by atoms with Crippen molar-refractivity contribution in [2.24, 2.45) is 0 Å². The van der Waals surface area contributed by atoms with Gasteiger partial charge in [0.2, 0.25) is 5.28 Å². The molecule has 0 aliphatic carbocycles. The second kappa shape index (κ2) is 13.9. The maximum absolute atomic E-state index is 6.15. The summed E-state index contributed by atoms with van der Waals surface area (Å²) in [4.78, 5) is 11.9. The molecule has 7 nitrogen and oxygen atoms in total. The molecule has 0 aliphatic heterocycles. The van der Waals surface area contributed by atoms with Crippen molar-refractivity contribution in [2.45, 2.75) is 59.4 Å². The molecule has 3 rings (SSSR count). The first kappa shape index (κ1) is 29.1. The molecule has 8 heteroatoms. The van der Waals surface area contributed by atoms with E-state index in [0.717, 1.165) is 56.0 Å². The molecule has 0 spiro atoms. The van der Waals surface area contributed by atoms with Crippen molar-refractivity contribution in [3.63, 3.8) is 0 Å². The molecular weight excluding hydrogens is 494 g/mol. The third-order valence-electron chi connectivity index (χ3n) is 6.74. The van der Waals surface area contributed by atoms with Crippen LogP contribution in [-0.4, -0.2) is 44.8 Å². The van der Waals surface area contributed by atoms with Crippen LogP contribution in [0.5, 0.6) is 0 Å². The minimum absolute atomic E-state index is 0.332. The van der Waals surface area contributed by atoms with Gasteiger partial charge in [-0.15, -0.1) is 0 Å². The Morgan fingerprint density at radius 3 is 2.63 bits per heavy atom. The number of anilines is 2. The molecule has 2 aromatic heterocycles. The minimum atomic E-state index is 0.332. The van der Waals surface area contributed by atoms with E-state index < -0.39 is 0 Å². The van der Waals surface area contributed by atoms with Gasteiger partial charge in [0.15, 0.2) is 5.82 Å². The van der Waals surface area contributed by atoms with Crippen molar-refractivity contribution in [1.29, 1.82) is 0 Å². The zero-order valence-corrected chi connectivity index (χ0v) is 24.1. The van der Waals surface area contributed by atoms with Gasteiger partial charge < -0.3 is 20.1 Å². The van der Waals surface area contributed by atoms with E-state index in [1.807, 2.05) is 24.9 Å². The number of hydrogen-bond donors (Lipinski definition) is 2. The molecule has 0 amide bonds. The fraction of sp³-hybridized carbons (Fsp3) is 0.400. The van der Waals surface area contributed by atoms with Crippen molar-refractivity contribution >= 4 is 28.8 Å². The Kier molecular flexibility index (Phi) is 10.7. The van der Waals surface area contributed by atoms with E-state index in [0.29, 0.717) is 11.1 Å². The Bertz CT molecular complexity index is 1240. The molecule has 0 aliphatic rings. The van der Waals surface area contributed by atoms with E-state index in [2.05, 4.69) is 88.2 Å². The first-order valence-electron chi connectivity index (χ1n) is 13.3. The highest BCUT2D eigenvalue weighted by molar-refractivity contribution is 6.28. The van der Waals surface area contributed by atoms with Crippen LogP contribution >= 0.6 is 11.6 Å². The maximum atomic E-state index is 6.15. The smallest absolute Gasteiger partial charge is 0.202 e. The molecule has 0 saturated carbocycles. The average molecular weight is 536 g/mol. The fourth-order valence-corrected chi connectivity index (χ4v) is 4.71. The molecule has 2 N–H and O–H groups in total. The number of unbranched alkanes of at least 4 members (excludes halogenated alkanes) is 2. The summed E-state index contributed by atoms with van der Waals surface area (Å²) in [6.45, 7) is 21.1. The fourth-order valence-electron chi connectivity index (χ4n) is 4.53. The summed E-state index contributed by atoms with van der Waals surface area (Å²) in [6.07, 6.45) is 11.1. The van der Waals surface area contributed by atoms with Crippen molar-refractivity contribution in [2.75, 3.05) is 30.4 Å². The predicted molar refractivity (Wildman–Crippen MR) is 162 cm³/mol. The van der Waals surface area contributed by atoms with Gasteiger partial charge >= 0.3 is 0 Å². The van der Waals surface area contributed by atoms with Crippen molar-refractivity contribution in [1.82, 2.24) is 24.6 Å². The molecule has 38 heavy (non-hydrogen) atoms. The molecule has 2 heterocycles. The van der Waals surface area contributed by atoms with E-state index in [-0.39, 0.29) is 0 Å². The number of halogens is 1. The zero-order valence-electron chi connectivity index (χ0n) is 23.4. The first-order chi connectivity index (χ1) is 18.2. The molecule has 204 valence electrons. The molecule has 1 aromatic carbocycles. The third kappa shape index (κ3) is 7.78. The van der Waals surface area contributed by atoms with Gasteiger partial charge in [-0.25, -0.2) is 0 Å². The Morgan fingerprint density at radius 2 is 1.95 bits per heavy atom. The van der Waals surface area contributed by atoms with E-state index in [4.69, 9.17) is 11.6 Å². The summed E-state index contributed by atoms with van der Waals surface area (Å²) in [5.41, 5.74) is 7.58. The van der Waals surface area contributed by atoms with Gasteiger partial charge in [-0.05, 0) is 73.7 Å². The molecular formula is C30H42ClN7. The second-order valence-electron chi connectivity index (χ2n) is 9.81. The van der Waals surface area contributed by atoms with Crippen molar-refractivity contribution in [3.8, 4) is 0 Å². The van der Waals surface area contributed by atoms with E-state index >= 15 is 0 Å². The number of nitrogens with one attached hydrogen (secondary N) is 2. The number of allylic oxidation sites excluding steroid dienone is 1. The van der Waals surface area contributed by atoms with Crippen molar-refractivity contribution < 1.29 is 0 Å². The molecule has 0 fully saturated rings. The van der Waals surface area contributed by atoms with E-state index in [1.165, 1.54) is 35.2 Å². The average Bonchev–Trinajstić information content (AvgIpc) is 3.48. The van der Waals surface area contributed by atoms with Crippen LogP contribution in [0.25, 0.3) is 5.70 Å². The molecule has 0 atom stereocenters. The topological polar surface area (TPSA) is 65.0 Å². The lowest BCUT2D eigenvalue weighted by Crippen LogP contribution is -2.25. The van der Waals surface area contributed by atoms with Crippen LogP contribution in [0.15, 0.2) is 62.2 Å². The van der Waals surface area contributed by atoms with Crippen LogP contribution in [0.1, 0.15) is 61.9 Å². The van der Waals surface area contributed by atoms with Gasteiger partial charge in [0.05, 0.1) is 18.4 Å². The van der Waals surface area contributed by atoms with Gasteiger partial charge in [0.1, 0.15) is 5.69 Å². The van der Waals surface area contributed by atoms with Crippen LogP contribution in [-0.2, 0) is 13.0 Å². The number of H-pyrrole nitrogens is 1. The lowest BCUT2D eigenvalue weighted by molar-refractivity contribution is 0.377. The second-order valence-corrected chi connectivity index (χ2v) is 10.2. The Balaban J connectivity index is 1.61. The minimum Gasteiger partial charge on any atom is -0.370 e. The molecule has 0 bridgehead atoms. The van der Waals surface area contributed by atoms with E-state index in [1.54, 1.807) is 6.20 Å². The number of nitrogens with zero attached hydrogens (tertiary/aromatic N) is 5. The Hall–Kier alpha value is -3.45. The first-order valence-corrected chi connectivity index (χ1v) is 13.7. The SMILES string of the molecule is C=CNc1nc(Cl)[nH]c1C(=C)N(CCCCC)CCCc1cnn(Cc2ccc(N(C)C(=C)C)c(C)c2)c1. The predicted octanol–water partition coefficient (Wildman–Crippen LogP) is 7.24. The highest BCUT2D eigenvalue weighted by Gasteiger charge is 2.17. The summed E-state index contributed by atoms with van der Waals surface area (Å²) in [5.74, 6) is 0.645. The number of benzene rings is 1. The number of aromatic nitrogens is 4. The van der Waals surface area contributed by atoms with E-state index in [9.17, 15) is 0 Å². The monoisotopic (exact) mass is 535 g/mol. The van der Waals surface area contributed by atoms with Gasteiger partial charge in [-0.3, -0.25) is 4.68 Å². The summed E-state index contributed by atoms with van der Waals surface area (Å²) < 4.78 is 2.02. The van der Waals surface area contributed by atoms with Crippen LogP contribution in [0.2, 0.25) is 5.28 Å². The summed E-state index contributed by atoms with van der Waals surface area (Å²) >= 11 is 6.15. The maximum Gasteiger partial charge on any atom is 0.202 e. The van der Waals surface area contributed by atoms with Crippen LogP contribution in [0.3, 0.4) is 0 Å². The standard InChI is InChI=1S/C30H42ClN7/c1-8-10-11-16-37(24(6)28-29(32-9-2)35-30(31)34-28)17-12-13-26-19-33-38(21-26)20-25-14-15-27(23(5)18-25)36(7)22(3)4/h9,14-15,18-19,21,32H,2-3,6,8,10-13,16-17,20H2,1,4-5,7H3,(H,34,35). The largest absolute Gasteiger partial charge is 0.370 e. The normalized spacial score (nSPS) is 10.9. The van der Waals surface area contributed by atoms with Gasteiger partial charge in [-0.2, -0.15) is 10.1 Å². The Morgan fingerprint density at radius 1 is 1.18 bits per heavy atom. The van der Waals surface area contributed by atoms with Crippen LogP contribution < -0.4 is 10.2 Å². The number of rotatable bonds is 16. The quantitative estimate of drug-likeness (QED) is 0.189. The van der Waals surface area contributed by atoms with Crippen molar-refractivity contribution in [3.05, 3.63) is 89.9 Å². The summed E-state index contributed by atoms with van der Waals surface area (Å²) in [5, 5.41) is 8.00. The summed E-state index contributed by atoms with van der Waals surface area (Å²) in [6, 6.07) is 6.56. The molecule has 3 aromatic rings. The van der Waals surface area contributed by atoms with Crippen LogP contribution in [0, 0.1) is 6.92 Å². The van der Waals surface area contributed by atoms with Crippen LogP contribution in [0.4, 0.5) is 11.5 Å². The lowest BCUT2D eigenvalue weighted by Gasteiger charge is -2.26. The zero-order chi connectivity index (χ0) is 27.7. The summed E-state index contributed by atoms with van der Waals surface area (Å²) in [7, 11) is 2.05.